The Morgan fingerprint density at radius 3 is 2.65 bits per heavy atom. The molecule has 1 atom stereocenters. The first-order valence-electron chi connectivity index (χ1n) is 6.75. The number of hydrogen-bond donors (Lipinski definition) is 1. The summed E-state index contributed by atoms with van der Waals surface area (Å²) < 4.78 is 5.36. The van der Waals surface area contributed by atoms with Crippen molar-refractivity contribution in [3.63, 3.8) is 0 Å². The number of nitrogens with one attached hydrogen (secondary N) is 1. The standard InChI is InChI=1S/C16H19NO2S/c1-3-19-14-8-6-13(7-9-14)16(18)17-12(2)11-15-5-4-10-20-15/h4-10,12H,3,11H2,1-2H3,(H,17,18). The van der Waals surface area contributed by atoms with Gasteiger partial charge in [0.15, 0.2) is 0 Å². The van der Waals surface area contributed by atoms with Crippen LogP contribution in [0.15, 0.2) is 41.8 Å². The highest BCUT2D eigenvalue weighted by Gasteiger charge is 2.10. The Bertz CT molecular complexity index is 534. The SMILES string of the molecule is CCOc1ccc(C(=O)NC(C)Cc2cccs2)cc1. The van der Waals surface area contributed by atoms with E-state index in [-0.39, 0.29) is 11.9 Å². The molecule has 0 radical (unpaired) electrons. The highest BCUT2D eigenvalue weighted by atomic mass is 32.1. The van der Waals surface area contributed by atoms with E-state index >= 15 is 0 Å². The van der Waals surface area contributed by atoms with Gasteiger partial charge in [-0.05, 0) is 49.6 Å². The van der Waals surface area contributed by atoms with Gasteiger partial charge in [-0.25, -0.2) is 0 Å². The third kappa shape index (κ3) is 4.10. The highest BCUT2D eigenvalue weighted by molar-refractivity contribution is 7.09. The second-order valence-electron chi connectivity index (χ2n) is 4.62. The number of carbonyl (C=O) groups is 1. The molecule has 0 aliphatic carbocycles. The Balaban J connectivity index is 1.90. The third-order valence-corrected chi connectivity index (χ3v) is 3.79. The van der Waals surface area contributed by atoms with Gasteiger partial charge in [-0.15, -0.1) is 11.3 Å². The van der Waals surface area contributed by atoms with E-state index in [4.69, 9.17) is 4.74 Å². The maximum Gasteiger partial charge on any atom is 0.251 e. The molecule has 1 amide bonds. The molecule has 20 heavy (non-hydrogen) atoms. The molecule has 0 bridgehead atoms. The van der Waals surface area contributed by atoms with Gasteiger partial charge in [0.1, 0.15) is 5.75 Å². The van der Waals surface area contributed by atoms with E-state index in [0.29, 0.717) is 12.2 Å². The molecule has 1 N–H and O–H groups in total. The van der Waals surface area contributed by atoms with Crippen LogP contribution in [0, 0.1) is 0 Å². The number of ether oxygens (including phenoxy) is 1. The molecule has 1 aromatic carbocycles. The van der Waals surface area contributed by atoms with E-state index in [1.54, 1.807) is 23.5 Å². The largest absolute Gasteiger partial charge is 0.494 e. The summed E-state index contributed by atoms with van der Waals surface area (Å²) in [5.41, 5.74) is 0.659. The molecule has 0 fully saturated rings. The van der Waals surface area contributed by atoms with Gasteiger partial charge in [-0.1, -0.05) is 6.07 Å². The highest BCUT2D eigenvalue weighted by Crippen LogP contribution is 2.13. The molecule has 0 spiro atoms. The van der Waals surface area contributed by atoms with Crippen molar-refractivity contribution in [2.75, 3.05) is 6.61 Å². The van der Waals surface area contributed by atoms with E-state index in [1.807, 2.05) is 32.0 Å². The summed E-state index contributed by atoms with van der Waals surface area (Å²) in [6.45, 7) is 4.59. The van der Waals surface area contributed by atoms with Crippen molar-refractivity contribution < 1.29 is 9.53 Å². The molecule has 0 saturated carbocycles. The van der Waals surface area contributed by atoms with Gasteiger partial charge in [-0.2, -0.15) is 0 Å². The first-order valence-corrected chi connectivity index (χ1v) is 7.63. The average molecular weight is 289 g/mol. The second kappa shape index (κ2) is 7.10. The van der Waals surface area contributed by atoms with E-state index in [2.05, 4.69) is 16.8 Å². The quantitative estimate of drug-likeness (QED) is 0.883. The summed E-state index contributed by atoms with van der Waals surface area (Å²) in [7, 11) is 0. The van der Waals surface area contributed by atoms with Gasteiger partial charge in [0.05, 0.1) is 6.61 Å². The molecule has 0 aliphatic heterocycles. The Morgan fingerprint density at radius 2 is 2.05 bits per heavy atom. The fourth-order valence-corrected chi connectivity index (χ4v) is 2.79. The predicted molar refractivity (Wildman–Crippen MR) is 82.6 cm³/mol. The average Bonchev–Trinajstić information content (AvgIpc) is 2.92. The zero-order valence-electron chi connectivity index (χ0n) is 11.8. The molecule has 1 aromatic heterocycles. The zero-order chi connectivity index (χ0) is 14.4. The van der Waals surface area contributed by atoms with E-state index in [0.717, 1.165) is 12.2 Å². The molecule has 1 heterocycles. The zero-order valence-corrected chi connectivity index (χ0v) is 12.6. The minimum atomic E-state index is -0.0443. The molecular weight excluding hydrogens is 270 g/mol. The number of amides is 1. The molecule has 2 aromatic rings. The third-order valence-electron chi connectivity index (χ3n) is 2.89. The molecular formula is C16H19NO2S. The lowest BCUT2D eigenvalue weighted by molar-refractivity contribution is 0.0940. The summed E-state index contributed by atoms with van der Waals surface area (Å²) in [6, 6.07) is 11.5. The lowest BCUT2D eigenvalue weighted by Gasteiger charge is -2.13. The van der Waals surface area contributed by atoms with Crippen molar-refractivity contribution >= 4 is 17.2 Å². The second-order valence-corrected chi connectivity index (χ2v) is 5.65. The molecule has 0 saturated heterocycles. The van der Waals surface area contributed by atoms with Crippen LogP contribution in [-0.2, 0) is 6.42 Å². The Morgan fingerprint density at radius 1 is 1.30 bits per heavy atom. The van der Waals surface area contributed by atoms with Crippen molar-refractivity contribution in [3.05, 3.63) is 52.2 Å². The molecule has 4 heteroatoms. The van der Waals surface area contributed by atoms with Crippen molar-refractivity contribution in [1.82, 2.24) is 5.32 Å². The minimum absolute atomic E-state index is 0.0443. The van der Waals surface area contributed by atoms with Crippen molar-refractivity contribution in [2.24, 2.45) is 0 Å². The van der Waals surface area contributed by atoms with Crippen LogP contribution in [0.4, 0.5) is 0 Å². The topological polar surface area (TPSA) is 38.3 Å². The number of benzene rings is 1. The summed E-state index contributed by atoms with van der Waals surface area (Å²) in [5, 5.41) is 5.06. The molecule has 0 aliphatic rings. The fraction of sp³-hybridized carbons (Fsp3) is 0.312. The summed E-state index contributed by atoms with van der Waals surface area (Å²) in [4.78, 5) is 13.4. The maximum atomic E-state index is 12.1. The fourth-order valence-electron chi connectivity index (χ4n) is 1.96. The van der Waals surface area contributed by atoms with Gasteiger partial charge in [0, 0.05) is 22.9 Å². The Hall–Kier alpha value is -1.81. The molecule has 1 unspecified atom stereocenters. The number of carbonyl (C=O) groups excluding carboxylic acids is 1. The predicted octanol–water partition coefficient (Wildman–Crippen LogP) is 3.51. The van der Waals surface area contributed by atoms with Crippen LogP contribution in [0.25, 0.3) is 0 Å². The van der Waals surface area contributed by atoms with Crippen LogP contribution in [0.5, 0.6) is 5.75 Å². The monoisotopic (exact) mass is 289 g/mol. The van der Waals surface area contributed by atoms with E-state index in [9.17, 15) is 4.79 Å². The minimum Gasteiger partial charge on any atom is -0.494 e. The van der Waals surface area contributed by atoms with E-state index in [1.165, 1.54) is 4.88 Å². The number of thiophene rings is 1. The smallest absolute Gasteiger partial charge is 0.251 e. The van der Waals surface area contributed by atoms with Gasteiger partial charge in [0.25, 0.3) is 5.91 Å². The van der Waals surface area contributed by atoms with Crippen LogP contribution < -0.4 is 10.1 Å². The number of rotatable bonds is 6. The van der Waals surface area contributed by atoms with Crippen molar-refractivity contribution in [1.29, 1.82) is 0 Å². The summed E-state index contributed by atoms with van der Waals surface area (Å²) in [5.74, 6) is 0.743. The van der Waals surface area contributed by atoms with Crippen LogP contribution in [0.1, 0.15) is 29.1 Å². The number of hydrogen-bond acceptors (Lipinski definition) is 3. The van der Waals surface area contributed by atoms with Gasteiger partial charge >= 0.3 is 0 Å². The lowest BCUT2D eigenvalue weighted by Crippen LogP contribution is -2.33. The maximum absolute atomic E-state index is 12.1. The first-order chi connectivity index (χ1) is 9.69. The van der Waals surface area contributed by atoms with Crippen LogP contribution in [0.3, 0.4) is 0 Å². The van der Waals surface area contributed by atoms with Crippen LogP contribution in [-0.4, -0.2) is 18.6 Å². The summed E-state index contributed by atoms with van der Waals surface area (Å²) in [6.07, 6.45) is 0.862. The lowest BCUT2D eigenvalue weighted by atomic mass is 10.1. The molecule has 3 nitrogen and oxygen atoms in total. The Labute approximate surface area is 123 Å². The van der Waals surface area contributed by atoms with Crippen LogP contribution >= 0.6 is 11.3 Å². The normalized spacial score (nSPS) is 11.9. The molecule has 2 rings (SSSR count). The van der Waals surface area contributed by atoms with Gasteiger partial charge in [-0.3, -0.25) is 4.79 Å². The summed E-state index contributed by atoms with van der Waals surface area (Å²) >= 11 is 1.71. The van der Waals surface area contributed by atoms with Crippen molar-refractivity contribution in [2.45, 2.75) is 26.3 Å². The van der Waals surface area contributed by atoms with Gasteiger partial charge in [0.2, 0.25) is 0 Å². The molecule has 106 valence electrons. The van der Waals surface area contributed by atoms with E-state index < -0.39 is 0 Å². The van der Waals surface area contributed by atoms with Crippen LogP contribution in [0.2, 0.25) is 0 Å². The van der Waals surface area contributed by atoms with Crippen molar-refractivity contribution in [3.8, 4) is 5.75 Å². The first kappa shape index (κ1) is 14.6. The Kier molecular flexibility index (Phi) is 5.18. The van der Waals surface area contributed by atoms with Gasteiger partial charge < -0.3 is 10.1 Å².